The topological polar surface area (TPSA) is 82.0 Å². The Balaban J connectivity index is 2.55. The number of amides is 1. The highest BCUT2D eigenvalue weighted by Crippen LogP contribution is 2.25. The third-order valence-corrected chi connectivity index (χ3v) is 3.72. The molecule has 1 atom stereocenters. The van der Waals surface area contributed by atoms with E-state index in [-0.39, 0.29) is 32.5 Å². The lowest BCUT2D eigenvalue weighted by molar-refractivity contribution is -0.203. The maximum Gasteiger partial charge on any atom is 0.415 e. The number of carbonyl (C=O) groups excluding carboxylic acids is 1. The lowest BCUT2D eigenvalue weighted by atomic mass is 9.88. The van der Waals surface area contributed by atoms with Crippen molar-refractivity contribution in [2.45, 2.75) is 57.0 Å². The molecule has 1 heterocycles. The third-order valence-electron chi connectivity index (χ3n) is 3.72. The standard InChI is InChI=1S/C14H25F3N2O4/c1-12(2,3)23-11(22)19-6-4-13(9-20,5-7-19)18-8-10(21)14(15,16)17/h10,18,20-21H,4-9H2,1-3H3/t10-/m1/s1. The summed E-state index contributed by atoms with van der Waals surface area (Å²) < 4.78 is 42.2. The van der Waals surface area contributed by atoms with Gasteiger partial charge in [0, 0.05) is 25.2 Å². The van der Waals surface area contributed by atoms with Gasteiger partial charge >= 0.3 is 12.3 Å². The molecule has 3 N–H and O–H groups in total. The highest BCUT2D eigenvalue weighted by atomic mass is 19.4. The molecular weight excluding hydrogens is 317 g/mol. The minimum atomic E-state index is -4.71. The van der Waals surface area contributed by atoms with Crippen LogP contribution in [0.25, 0.3) is 0 Å². The van der Waals surface area contributed by atoms with Crippen LogP contribution in [0, 0.1) is 0 Å². The molecule has 0 aliphatic carbocycles. The lowest BCUT2D eigenvalue weighted by Gasteiger charge is -2.42. The van der Waals surface area contributed by atoms with Crippen LogP contribution in [0.5, 0.6) is 0 Å². The van der Waals surface area contributed by atoms with Crippen molar-refractivity contribution in [3.05, 3.63) is 0 Å². The molecule has 1 rings (SSSR count). The first kappa shape index (κ1) is 20.0. The zero-order chi connectivity index (χ0) is 17.9. The molecule has 1 amide bonds. The van der Waals surface area contributed by atoms with Crippen LogP contribution in [0.15, 0.2) is 0 Å². The molecule has 1 aliphatic heterocycles. The molecule has 0 radical (unpaired) electrons. The first-order valence-corrected chi connectivity index (χ1v) is 7.47. The molecule has 0 bridgehead atoms. The molecule has 136 valence electrons. The maximum atomic E-state index is 12.3. The van der Waals surface area contributed by atoms with E-state index in [0.717, 1.165) is 0 Å². The zero-order valence-corrected chi connectivity index (χ0v) is 13.6. The van der Waals surface area contributed by atoms with Crippen molar-refractivity contribution < 1.29 is 32.9 Å². The molecule has 0 saturated carbocycles. The molecule has 23 heavy (non-hydrogen) atoms. The van der Waals surface area contributed by atoms with Crippen LogP contribution in [0.3, 0.4) is 0 Å². The summed E-state index contributed by atoms with van der Waals surface area (Å²) in [6, 6.07) is 0. The number of aliphatic hydroxyl groups excluding tert-OH is 2. The summed E-state index contributed by atoms with van der Waals surface area (Å²) in [4.78, 5) is 13.4. The Morgan fingerprint density at radius 1 is 1.30 bits per heavy atom. The van der Waals surface area contributed by atoms with E-state index in [1.807, 2.05) is 0 Å². The minimum absolute atomic E-state index is 0.255. The van der Waals surface area contributed by atoms with Gasteiger partial charge in [0.05, 0.1) is 6.61 Å². The fraction of sp³-hybridized carbons (Fsp3) is 0.929. The van der Waals surface area contributed by atoms with E-state index in [1.165, 1.54) is 4.90 Å². The number of hydrogen-bond donors (Lipinski definition) is 3. The predicted octanol–water partition coefficient (Wildman–Crippen LogP) is 1.26. The Morgan fingerprint density at radius 3 is 2.22 bits per heavy atom. The van der Waals surface area contributed by atoms with Gasteiger partial charge in [-0.3, -0.25) is 0 Å². The zero-order valence-electron chi connectivity index (χ0n) is 13.6. The summed E-state index contributed by atoms with van der Waals surface area (Å²) in [5, 5.41) is 21.1. The molecule has 1 aliphatic rings. The number of rotatable bonds is 4. The van der Waals surface area contributed by atoms with Crippen molar-refractivity contribution in [3.63, 3.8) is 0 Å². The Kier molecular flexibility index (Phi) is 6.28. The van der Waals surface area contributed by atoms with Crippen LogP contribution >= 0.6 is 0 Å². The molecular formula is C14H25F3N2O4. The molecule has 0 aromatic carbocycles. The molecule has 0 aromatic heterocycles. The summed E-state index contributed by atoms with van der Waals surface area (Å²) in [5.41, 5.74) is -1.57. The number of aliphatic hydroxyl groups is 2. The van der Waals surface area contributed by atoms with Crippen LogP contribution in [0.1, 0.15) is 33.6 Å². The van der Waals surface area contributed by atoms with Crippen molar-refractivity contribution in [1.29, 1.82) is 0 Å². The van der Waals surface area contributed by atoms with Crippen LogP contribution in [-0.4, -0.2) is 70.9 Å². The molecule has 0 spiro atoms. The Hall–Kier alpha value is -1.06. The number of nitrogens with one attached hydrogen (secondary N) is 1. The third kappa shape index (κ3) is 6.15. The Labute approximate surface area is 133 Å². The number of β-amino-alcohol motifs (C(OH)–C–C–N with tert-alkyl or cyclic N) is 1. The van der Waals surface area contributed by atoms with Crippen LogP contribution in [-0.2, 0) is 4.74 Å². The van der Waals surface area contributed by atoms with Gasteiger partial charge < -0.3 is 25.2 Å². The van der Waals surface area contributed by atoms with Crippen LogP contribution in [0.4, 0.5) is 18.0 Å². The fourth-order valence-corrected chi connectivity index (χ4v) is 2.26. The van der Waals surface area contributed by atoms with Gasteiger partial charge in [0.15, 0.2) is 6.10 Å². The SMILES string of the molecule is CC(C)(C)OC(=O)N1CCC(CO)(NC[C@@H](O)C(F)(F)F)CC1. The number of halogens is 3. The monoisotopic (exact) mass is 342 g/mol. The average Bonchev–Trinajstić information content (AvgIpc) is 2.42. The first-order chi connectivity index (χ1) is 10.4. The molecule has 1 saturated heterocycles. The molecule has 6 nitrogen and oxygen atoms in total. The number of alkyl halides is 3. The first-order valence-electron chi connectivity index (χ1n) is 7.47. The van der Waals surface area contributed by atoms with Gasteiger partial charge in [0.1, 0.15) is 5.60 Å². The van der Waals surface area contributed by atoms with Gasteiger partial charge in [-0.25, -0.2) is 4.79 Å². The van der Waals surface area contributed by atoms with Gasteiger partial charge in [-0.2, -0.15) is 13.2 Å². The van der Waals surface area contributed by atoms with Gasteiger partial charge in [-0.05, 0) is 33.6 Å². The van der Waals surface area contributed by atoms with Gasteiger partial charge in [-0.15, -0.1) is 0 Å². The highest BCUT2D eigenvalue weighted by molar-refractivity contribution is 5.68. The summed E-state index contributed by atoms with van der Waals surface area (Å²) in [7, 11) is 0. The van der Waals surface area contributed by atoms with Crippen LogP contribution in [0.2, 0.25) is 0 Å². The lowest BCUT2D eigenvalue weighted by Crippen LogP contribution is -2.59. The van der Waals surface area contributed by atoms with Crippen LogP contribution < -0.4 is 5.32 Å². The van der Waals surface area contributed by atoms with E-state index in [2.05, 4.69) is 5.32 Å². The second-order valence-corrected chi connectivity index (χ2v) is 6.84. The molecule has 0 aromatic rings. The second-order valence-electron chi connectivity index (χ2n) is 6.84. The second kappa shape index (κ2) is 7.23. The number of ether oxygens (including phenoxy) is 1. The van der Waals surface area contributed by atoms with E-state index >= 15 is 0 Å². The Bertz CT molecular complexity index is 402. The summed E-state index contributed by atoms with van der Waals surface area (Å²) in [5.74, 6) is 0. The smallest absolute Gasteiger partial charge is 0.415 e. The number of carbonyl (C=O) groups is 1. The average molecular weight is 342 g/mol. The maximum absolute atomic E-state index is 12.3. The molecule has 9 heteroatoms. The van der Waals surface area contributed by atoms with E-state index in [4.69, 9.17) is 9.84 Å². The largest absolute Gasteiger partial charge is 0.444 e. The number of piperidine rings is 1. The van der Waals surface area contributed by atoms with E-state index < -0.39 is 36.1 Å². The highest BCUT2D eigenvalue weighted by Gasteiger charge is 2.41. The fourth-order valence-electron chi connectivity index (χ4n) is 2.26. The van der Waals surface area contributed by atoms with E-state index in [1.54, 1.807) is 20.8 Å². The van der Waals surface area contributed by atoms with Crippen molar-refractivity contribution >= 4 is 6.09 Å². The summed E-state index contributed by atoms with van der Waals surface area (Å²) in [6.07, 6.45) is -7.14. The minimum Gasteiger partial charge on any atom is -0.444 e. The summed E-state index contributed by atoms with van der Waals surface area (Å²) >= 11 is 0. The predicted molar refractivity (Wildman–Crippen MR) is 76.9 cm³/mol. The van der Waals surface area contributed by atoms with Crippen molar-refractivity contribution in [1.82, 2.24) is 10.2 Å². The van der Waals surface area contributed by atoms with E-state index in [9.17, 15) is 23.1 Å². The Morgan fingerprint density at radius 2 is 1.83 bits per heavy atom. The van der Waals surface area contributed by atoms with Gasteiger partial charge in [0.2, 0.25) is 0 Å². The number of hydrogen-bond acceptors (Lipinski definition) is 5. The molecule has 1 fully saturated rings. The quantitative estimate of drug-likeness (QED) is 0.717. The normalized spacial score (nSPS) is 20.3. The molecule has 0 unspecified atom stereocenters. The van der Waals surface area contributed by atoms with Crippen molar-refractivity contribution in [2.24, 2.45) is 0 Å². The van der Waals surface area contributed by atoms with Crippen molar-refractivity contribution in [3.8, 4) is 0 Å². The van der Waals surface area contributed by atoms with Crippen molar-refractivity contribution in [2.75, 3.05) is 26.2 Å². The summed E-state index contributed by atoms with van der Waals surface area (Å²) in [6.45, 7) is 4.66. The van der Waals surface area contributed by atoms with Gasteiger partial charge in [-0.1, -0.05) is 0 Å². The number of likely N-dealkylation sites (tertiary alicyclic amines) is 1. The van der Waals surface area contributed by atoms with E-state index in [0.29, 0.717) is 0 Å². The van der Waals surface area contributed by atoms with Gasteiger partial charge in [0.25, 0.3) is 0 Å². The number of nitrogens with zero attached hydrogens (tertiary/aromatic N) is 1.